The van der Waals surface area contributed by atoms with Gasteiger partial charge in [0.1, 0.15) is 29.8 Å². The van der Waals surface area contributed by atoms with Gasteiger partial charge < -0.3 is 39.9 Å². The number of aromatic amines is 2. The van der Waals surface area contributed by atoms with E-state index in [1.54, 1.807) is 4.90 Å². The Hall–Kier alpha value is -6.10. The Labute approximate surface area is 332 Å². The summed E-state index contributed by atoms with van der Waals surface area (Å²) < 4.78 is 9.57. The number of methoxy groups -OCH3 is 2. The van der Waals surface area contributed by atoms with Crippen molar-refractivity contribution in [1.29, 1.82) is 0 Å². The summed E-state index contributed by atoms with van der Waals surface area (Å²) in [5, 5.41) is 5.43. The van der Waals surface area contributed by atoms with E-state index in [9.17, 15) is 19.2 Å². The maximum Gasteiger partial charge on any atom is 0.407 e. The van der Waals surface area contributed by atoms with E-state index in [-0.39, 0.29) is 35.7 Å². The number of imidazole rings is 2. The normalized spacial score (nSPS) is 21.0. The van der Waals surface area contributed by atoms with Crippen molar-refractivity contribution in [3.63, 3.8) is 0 Å². The summed E-state index contributed by atoms with van der Waals surface area (Å²) in [7, 11) is 2.58. The highest BCUT2D eigenvalue weighted by Gasteiger charge is 2.51. The number of nitrogens with one attached hydrogen (secondary N) is 4. The predicted molar refractivity (Wildman–Crippen MR) is 213 cm³/mol. The molecule has 4 aromatic rings. The van der Waals surface area contributed by atoms with Crippen molar-refractivity contribution in [3.05, 3.63) is 83.1 Å². The third kappa shape index (κ3) is 7.96. The summed E-state index contributed by atoms with van der Waals surface area (Å²) in [4.78, 5) is 71.8. The molecule has 1 unspecified atom stereocenters. The first-order valence-corrected chi connectivity index (χ1v) is 19.5. The van der Waals surface area contributed by atoms with Crippen LogP contribution in [0.3, 0.4) is 0 Å². The number of carbonyl (C=O) groups excluding carboxylic acids is 4. The van der Waals surface area contributed by atoms with Gasteiger partial charge in [-0.3, -0.25) is 9.59 Å². The summed E-state index contributed by atoms with van der Waals surface area (Å²) >= 11 is 0. The van der Waals surface area contributed by atoms with Crippen LogP contribution in [0.25, 0.3) is 22.3 Å². The van der Waals surface area contributed by atoms with E-state index in [2.05, 4.69) is 32.4 Å². The molecule has 2 aromatic heterocycles. The van der Waals surface area contributed by atoms with Crippen molar-refractivity contribution in [3.8, 4) is 23.1 Å². The summed E-state index contributed by atoms with van der Waals surface area (Å²) in [6.45, 7) is 10.0. The predicted octanol–water partition coefficient (Wildman–Crippen LogP) is 6.00. The number of fused-ring (bicyclic) bond motifs is 3. The second kappa shape index (κ2) is 16.2. The van der Waals surface area contributed by atoms with E-state index in [0.717, 1.165) is 64.1 Å². The lowest BCUT2D eigenvalue weighted by molar-refractivity contribution is -0.139. The topological polar surface area (TPSA) is 175 Å². The number of likely N-dealkylation sites (tertiary alicyclic amines) is 1. The van der Waals surface area contributed by atoms with Crippen LogP contribution >= 0.6 is 0 Å². The average Bonchev–Trinajstić information content (AvgIpc) is 4.05. The number of hydrogen-bond acceptors (Lipinski definition) is 8. The molecule has 4 amide bonds. The molecule has 2 aliphatic heterocycles. The van der Waals surface area contributed by atoms with Gasteiger partial charge in [0, 0.05) is 23.7 Å². The Balaban J connectivity index is 1.04. The van der Waals surface area contributed by atoms with E-state index >= 15 is 0 Å². The molecule has 298 valence electrons. The van der Waals surface area contributed by atoms with Gasteiger partial charge in [-0.25, -0.2) is 19.6 Å². The minimum atomic E-state index is -0.742. The van der Waals surface area contributed by atoms with Crippen LogP contribution in [-0.4, -0.2) is 92.6 Å². The molecule has 14 nitrogen and oxygen atoms in total. The van der Waals surface area contributed by atoms with Gasteiger partial charge in [-0.1, -0.05) is 63.3 Å². The summed E-state index contributed by atoms with van der Waals surface area (Å²) in [6, 6.07) is 11.8. The Morgan fingerprint density at radius 2 is 1.49 bits per heavy atom. The Morgan fingerprint density at radius 3 is 2.16 bits per heavy atom. The Kier molecular flexibility index (Phi) is 11.1. The number of piperidine rings is 1. The number of amides is 4. The van der Waals surface area contributed by atoms with Crippen molar-refractivity contribution in [2.45, 2.75) is 84.1 Å². The number of hydrogen-bond donors (Lipinski definition) is 4. The highest BCUT2D eigenvalue weighted by Crippen LogP contribution is 2.50. The molecule has 7 rings (SSSR count). The highest BCUT2D eigenvalue weighted by molar-refractivity contribution is 5.88. The molecular weight excluding hydrogens is 725 g/mol. The molecule has 6 atom stereocenters. The fourth-order valence-corrected chi connectivity index (χ4v) is 8.37. The van der Waals surface area contributed by atoms with E-state index in [0.29, 0.717) is 18.3 Å². The van der Waals surface area contributed by atoms with Crippen molar-refractivity contribution in [1.82, 2.24) is 40.4 Å². The van der Waals surface area contributed by atoms with Gasteiger partial charge in [0.2, 0.25) is 11.8 Å². The van der Waals surface area contributed by atoms with Gasteiger partial charge in [-0.15, -0.1) is 0 Å². The van der Waals surface area contributed by atoms with Gasteiger partial charge in [-0.05, 0) is 79.8 Å². The average molecular weight is 775 g/mol. The molecule has 2 fully saturated rings. The van der Waals surface area contributed by atoms with Crippen LogP contribution in [0, 0.1) is 29.6 Å². The van der Waals surface area contributed by atoms with E-state index in [1.807, 2.05) is 94.3 Å². The zero-order valence-corrected chi connectivity index (χ0v) is 33.4. The molecule has 1 aliphatic carbocycles. The molecular formula is C43H50N8O6. The molecule has 4 N–H and O–H groups in total. The van der Waals surface area contributed by atoms with Crippen LogP contribution in [0.5, 0.6) is 0 Å². The lowest BCUT2D eigenvalue weighted by Crippen LogP contribution is -2.54. The first-order valence-electron chi connectivity index (χ1n) is 19.5. The van der Waals surface area contributed by atoms with Gasteiger partial charge in [-0.2, -0.15) is 0 Å². The van der Waals surface area contributed by atoms with Crippen LogP contribution in [0.15, 0.2) is 60.3 Å². The third-order valence-electron chi connectivity index (χ3n) is 11.3. The largest absolute Gasteiger partial charge is 0.453 e. The van der Waals surface area contributed by atoms with Gasteiger partial charge in [0.15, 0.2) is 0 Å². The summed E-state index contributed by atoms with van der Waals surface area (Å²) in [6.07, 6.45) is 5.46. The fourth-order valence-electron chi connectivity index (χ4n) is 8.37. The smallest absolute Gasteiger partial charge is 0.407 e. The summed E-state index contributed by atoms with van der Waals surface area (Å²) in [5.41, 5.74) is 6.03. The molecule has 2 bridgehead atoms. The van der Waals surface area contributed by atoms with Crippen LogP contribution < -0.4 is 10.6 Å². The quantitative estimate of drug-likeness (QED) is 0.118. The van der Waals surface area contributed by atoms with E-state index in [1.165, 1.54) is 14.2 Å². The Morgan fingerprint density at radius 1 is 0.842 bits per heavy atom. The molecule has 4 heterocycles. The van der Waals surface area contributed by atoms with E-state index in [4.69, 9.17) is 19.4 Å². The SMILES string of the molecule is COC(=O)N[C@H](C(=O)N1CC(C)=C[C@H]1c1nc2ccc(C#Cc3ccc(-c4cnc(C5[C@@H]6CC[C@@H](C6)N5C(=O)[C@@H](NC(=O)OC)C(C)C)[nH]4)cc3)cc2[nH]1)C(C)C. The lowest BCUT2D eigenvalue weighted by Gasteiger charge is -2.37. The maximum absolute atomic E-state index is 13.9. The third-order valence-corrected chi connectivity index (χ3v) is 11.3. The van der Waals surface area contributed by atoms with Crippen molar-refractivity contribution >= 4 is 35.0 Å². The minimum absolute atomic E-state index is 0.105. The number of H-pyrrole nitrogens is 2. The molecule has 57 heavy (non-hydrogen) atoms. The number of alkyl carbamates (subject to hydrolysis) is 2. The lowest BCUT2D eigenvalue weighted by atomic mass is 9.95. The molecule has 14 heteroatoms. The molecule has 0 spiro atoms. The van der Waals surface area contributed by atoms with Crippen LogP contribution in [0.4, 0.5) is 9.59 Å². The fraction of sp³-hybridized carbons (Fsp3) is 0.442. The molecule has 3 aliphatic rings. The van der Waals surface area contributed by atoms with Crippen LogP contribution in [-0.2, 0) is 19.1 Å². The highest BCUT2D eigenvalue weighted by atomic mass is 16.5. The van der Waals surface area contributed by atoms with Crippen LogP contribution in [0.2, 0.25) is 0 Å². The first-order chi connectivity index (χ1) is 27.3. The van der Waals surface area contributed by atoms with Crippen molar-refractivity contribution < 1.29 is 28.7 Å². The zero-order chi connectivity index (χ0) is 40.5. The monoisotopic (exact) mass is 774 g/mol. The molecule has 0 radical (unpaired) electrons. The summed E-state index contributed by atoms with van der Waals surface area (Å²) in [5.74, 6) is 7.65. The second-order valence-electron chi connectivity index (χ2n) is 15.9. The number of benzene rings is 2. The molecule has 1 saturated carbocycles. The van der Waals surface area contributed by atoms with E-state index < -0.39 is 30.3 Å². The van der Waals surface area contributed by atoms with Crippen molar-refractivity contribution in [2.75, 3.05) is 20.8 Å². The van der Waals surface area contributed by atoms with Gasteiger partial charge in [0.05, 0.1) is 43.2 Å². The first kappa shape index (κ1) is 39.1. The van der Waals surface area contributed by atoms with Gasteiger partial charge in [0.25, 0.3) is 0 Å². The second-order valence-corrected chi connectivity index (χ2v) is 15.9. The standard InChI is InChI=1S/C43H50N8O6/c1-23(2)35(48-42(54)56-6)40(52)50-22-25(5)18-34(50)38-45-31-17-12-27(19-32(31)46-38)9-8-26-10-13-28(14-11-26)33-21-44-39(47-33)37-29-15-16-30(20-29)51(37)41(53)36(24(3)4)49-43(55)57-7/h10-14,17-19,21,23-24,29-30,34-37H,15-16,20,22H2,1-7H3,(H,44,47)(H,45,46)(H,48,54)(H,49,55)/t29-,30+,34+,35+,36+,37?/m1/s1. The number of nitrogens with zero attached hydrogens (tertiary/aromatic N) is 4. The van der Waals surface area contributed by atoms with Crippen molar-refractivity contribution in [2.24, 2.45) is 17.8 Å². The molecule has 1 saturated heterocycles. The molecule has 2 aromatic carbocycles. The Bertz CT molecular complexity index is 2260. The van der Waals surface area contributed by atoms with Crippen LogP contribution in [0.1, 0.15) is 88.7 Å². The maximum atomic E-state index is 13.9. The number of carbonyl (C=O) groups is 4. The number of aromatic nitrogens is 4. The zero-order valence-electron chi connectivity index (χ0n) is 33.4. The number of ether oxygens (including phenoxy) is 2. The van der Waals surface area contributed by atoms with Gasteiger partial charge >= 0.3 is 12.2 Å². The minimum Gasteiger partial charge on any atom is -0.453 e. The number of rotatable bonds is 9.